The summed E-state index contributed by atoms with van der Waals surface area (Å²) in [7, 11) is 0. The van der Waals surface area contributed by atoms with Crippen LogP contribution >= 0.6 is 0 Å². The molecule has 1 fully saturated rings. The average Bonchev–Trinajstić information content (AvgIpc) is 3.27. The van der Waals surface area contributed by atoms with Gasteiger partial charge in [-0.15, -0.1) is 0 Å². The maximum absolute atomic E-state index is 12.7. The first-order valence-electron chi connectivity index (χ1n) is 9.38. The molecule has 1 aromatic carbocycles. The molecular weight excluding hydrogens is 310 g/mol. The molecule has 1 amide bonds. The van der Waals surface area contributed by atoms with Crippen molar-refractivity contribution in [3.05, 3.63) is 54.1 Å². The predicted molar refractivity (Wildman–Crippen MR) is 102 cm³/mol. The summed E-state index contributed by atoms with van der Waals surface area (Å²) >= 11 is 0. The van der Waals surface area contributed by atoms with Gasteiger partial charge in [-0.3, -0.25) is 9.59 Å². The molecule has 3 nitrogen and oxygen atoms in total. The van der Waals surface area contributed by atoms with E-state index in [-0.39, 0.29) is 17.6 Å². The van der Waals surface area contributed by atoms with Gasteiger partial charge < -0.3 is 5.32 Å². The summed E-state index contributed by atoms with van der Waals surface area (Å²) in [4.78, 5) is 24.2. The van der Waals surface area contributed by atoms with Crippen LogP contribution in [-0.2, 0) is 4.79 Å². The molecule has 25 heavy (non-hydrogen) atoms. The van der Waals surface area contributed by atoms with Crippen molar-refractivity contribution in [2.24, 2.45) is 17.8 Å². The van der Waals surface area contributed by atoms with Crippen LogP contribution in [0.4, 0.5) is 5.69 Å². The Morgan fingerprint density at radius 3 is 2.12 bits per heavy atom. The van der Waals surface area contributed by atoms with Gasteiger partial charge in [0.15, 0.2) is 5.78 Å². The lowest BCUT2D eigenvalue weighted by Crippen LogP contribution is -2.16. The SMILES string of the molecule is CC(=O)c1cccc(NC(=O)C2[C@@H]3CCC=CCCC=CCC[C@@H]23)c1. The van der Waals surface area contributed by atoms with Crippen molar-refractivity contribution in [2.45, 2.75) is 45.4 Å². The van der Waals surface area contributed by atoms with E-state index in [4.69, 9.17) is 0 Å². The molecule has 2 aliphatic carbocycles. The summed E-state index contributed by atoms with van der Waals surface area (Å²) < 4.78 is 0. The van der Waals surface area contributed by atoms with Gasteiger partial charge in [-0.05, 0) is 69.4 Å². The fourth-order valence-corrected chi connectivity index (χ4v) is 3.90. The zero-order valence-electron chi connectivity index (χ0n) is 14.9. The number of rotatable bonds is 3. The normalized spacial score (nSPS) is 26.0. The Kier molecular flexibility index (Phi) is 5.85. The second-order valence-corrected chi connectivity index (χ2v) is 7.15. The van der Waals surface area contributed by atoms with Gasteiger partial charge in [0.25, 0.3) is 0 Å². The lowest BCUT2D eigenvalue weighted by molar-refractivity contribution is -0.117. The van der Waals surface area contributed by atoms with Crippen molar-refractivity contribution in [3.63, 3.8) is 0 Å². The molecule has 0 unspecified atom stereocenters. The van der Waals surface area contributed by atoms with E-state index in [2.05, 4.69) is 29.6 Å². The minimum Gasteiger partial charge on any atom is -0.326 e. The van der Waals surface area contributed by atoms with Gasteiger partial charge in [-0.25, -0.2) is 0 Å². The number of carbonyl (C=O) groups excluding carboxylic acids is 2. The van der Waals surface area contributed by atoms with Crippen LogP contribution in [-0.4, -0.2) is 11.7 Å². The summed E-state index contributed by atoms with van der Waals surface area (Å²) in [6.07, 6.45) is 15.6. The molecule has 2 aliphatic rings. The Morgan fingerprint density at radius 1 is 0.920 bits per heavy atom. The molecule has 0 saturated heterocycles. The molecule has 1 N–H and O–H groups in total. The van der Waals surface area contributed by atoms with Crippen molar-refractivity contribution < 1.29 is 9.59 Å². The summed E-state index contributed by atoms with van der Waals surface area (Å²) in [5.41, 5.74) is 1.36. The summed E-state index contributed by atoms with van der Waals surface area (Å²) in [6.45, 7) is 1.54. The quantitative estimate of drug-likeness (QED) is 0.612. The summed E-state index contributed by atoms with van der Waals surface area (Å²) in [5, 5.41) is 3.03. The third kappa shape index (κ3) is 4.68. The summed E-state index contributed by atoms with van der Waals surface area (Å²) in [6, 6.07) is 7.21. The Hall–Kier alpha value is -2.16. The Morgan fingerprint density at radius 2 is 1.52 bits per heavy atom. The number of amides is 1. The number of anilines is 1. The van der Waals surface area contributed by atoms with E-state index in [1.807, 2.05) is 12.1 Å². The summed E-state index contributed by atoms with van der Waals surface area (Å²) in [5.74, 6) is 1.23. The fraction of sp³-hybridized carbons (Fsp3) is 0.455. The minimum atomic E-state index is 0.0161. The van der Waals surface area contributed by atoms with Gasteiger partial charge in [-0.1, -0.05) is 36.4 Å². The molecule has 3 heteroatoms. The molecule has 0 radical (unpaired) electrons. The van der Waals surface area contributed by atoms with Gasteiger partial charge in [0, 0.05) is 17.2 Å². The Balaban J connectivity index is 1.63. The molecule has 1 saturated carbocycles. The molecule has 2 atom stereocenters. The second kappa shape index (κ2) is 8.28. The highest BCUT2D eigenvalue weighted by Crippen LogP contribution is 2.52. The maximum Gasteiger partial charge on any atom is 0.228 e. The number of hydrogen-bond donors (Lipinski definition) is 1. The number of ketones is 1. The molecule has 0 heterocycles. The first kappa shape index (κ1) is 17.7. The Bertz CT molecular complexity index is 665. The first-order valence-corrected chi connectivity index (χ1v) is 9.38. The van der Waals surface area contributed by atoms with Crippen LogP contribution in [0.3, 0.4) is 0 Å². The van der Waals surface area contributed by atoms with Crippen LogP contribution in [0.1, 0.15) is 55.8 Å². The third-order valence-electron chi connectivity index (χ3n) is 5.34. The van der Waals surface area contributed by atoms with Crippen LogP contribution < -0.4 is 5.32 Å². The third-order valence-corrected chi connectivity index (χ3v) is 5.34. The second-order valence-electron chi connectivity index (χ2n) is 7.15. The van der Waals surface area contributed by atoms with Gasteiger partial charge in [-0.2, -0.15) is 0 Å². The zero-order valence-corrected chi connectivity index (χ0v) is 14.9. The lowest BCUT2D eigenvalue weighted by atomic mass is 10.1. The first-order chi connectivity index (χ1) is 12.2. The molecule has 1 aromatic rings. The number of hydrogen-bond acceptors (Lipinski definition) is 2. The zero-order chi connectivity index (χ0) is 17.6. The highest BCUT2D eigenvalue weighted by molar-refractivity contribution is 5.98. The lowest BCUT2D eigenvalue weighted by Gasteiger charge is -2.06. The van der Waals surface area contributed by atoms with Crippen molar-refractivity contribution in [1.82, 2.24) is 0 Å². The van der Waals surface area contributed by atoms with E-state index in [0.29, 0.717) is 17.4 Å². The molecule has 3 rings (SSSR count). The van der Waals surface area contributed by atoms with Gasteiger partial charge in [0.05, 0.1) is 0 Å². The van der Waals surface area contributed by atoms with E-state index < -0.39 is 0 Å². The standard InChI is InChI=1S/C22H27NO2/c1-16(24)17-11-10-12-18(15-17)23-22(25)21-19-13-8-6-4-2-3-5-7-9-14-20(19)21/h4-7,10-12,15,19-21H,2-3,8-9,13-14H2,1H3,(H,23,25)/t19-,20-,21?/m1/s1. The molecular formula is C22H27NO2. The van der Waals surface area contributed by atoms with E-state index >= 15 is 0 Å². The largest absolute Gasteiger partial charge is 0.326 e. The highest BCUT2D eigenvalue weighted by Gasteiger charge is 2.52. The van der Waals surface area contributed by atoms with Crippen LogP contribution in [0.2, 0.25) is 0 Å². The number of allylic oxidation sites excluding steroid dienone is 4. The number of nitrogens with one attached hydrogen (secondary N) is 1. The number of Topliss-reactive ketones (excluding diaryl/α,β-unsaturated/α-hetero) is 1. The van der Waals surface area contributed by atoms with Crippen LogP contribution in [0.25, 0.3) is 0 Å². The molecule has 132 valence electrons. The molecule has 0 aliphatic heterocycles. The van der Waals surface area contributed by atoms with Crippen molar-refractivity contribution in [1.29, 1.82) is 0 Å². The topological polar surface area (TPSA) is 46.2 Å². The average molecular weight is 337 g/mol. The van der Waals surface area contributed by atoms with Crippen molar-refractivity contribution in [3.8, 4) is 0 Å². The molecule has 0 bridgehead atoms. The number of benzene rings is 1. The van der Waals surface area contributed by atoms with E-state index in [1.54, 1.807) is 19.1 Å². The van der Waals surface area contributed by atoms with E-state index in [1.165, 1.54) is 0 Å². The van der Waals surface area contributed by atoms with E-state index in [0.717, 1.165) is 44.2 Å². The number of fused-ring (bicyclic) bond motifs is 1. The Labute approximate surface area is 150 Å². The highest BCUT2D eigenvalue weighted by atomic mass is 16.2. The van der Waals surface area contributed by atoms with Crippen LogP contribution in [0, 0.1) is 17.8 Å². The number of carbonyl (C=O) groups is 2. The minimum absolute atomic E-state index is 0.0161. The van der Waals surface area contributed by atoms with Gasteiger partial charge >= 0.3 is 0 Å². The van der Waals surface area contributed by atoms with Crippen LogP contribution in [0.15, 0.2) is 48.6 Å². The van der Waals surface area contributed by atoms with Gasteiger partial charge in [0.1, 0.15) is 0 Å². The van der Waals surface area contributed by atoms with Crippen molar-refractivity contribution >= 4 is 17.4 Å². The molecule has 0 aromatic heterocycles. The predicted octanol–water partition coefficient (Wildman–Crippen LogP) is 5.16. The molecule has 0 spiro atoms. The van der Waals surface area contributed by atoms with Crippen molar-refractivity contribution in [2.75, 3.05) is 5.32 Å². The van der Waals surface area contributed by atoms with Gasteiger partial charge in [0.2, 0.25) is 5.91 Å². The van der Waals surface area contributed by atoms with E-state index in [9.17, 15) is 9.59 Å². The monoisotopic (exact) mass is 337 g/mol. The maximum atomic E-state index is 12.7. The fourth-order valence-electron chi connectivity index (χ4n) is 3.90. The van der Waals surface area contributed by atoms with Crippen LogP contribution in [0.5, 0.6) is 0 Å². The smallest absolute Gasteiger partial charge is 0.228 e.